The molecule has 0 heterocycles. The van der Waals surface area contributed by atoms with Gasteiger partial charge in [0, 0.05) is 20.3 Å². The van der Waals surface area contributed by atoms with Crippen molar-refractivity contribution >= 4 is 8.80 Å². The highest BCUT2D eigenvalue weighted by Crippen LogP contribution is 2.13. The third-order valence-corrected chi connectivity index (χ3v) is 4.31. The molecule has 0 rings (SSSR count). The van der Waals surface area contributed by atoms with Crippen molar-refractivity contribution in [3.05, 3.63) is 0 Å². The molecule has 74 valence electrons. The van der Waals surface area contributed by atoms with E-state index in [-0.39, 0.29) is 6.23 Å². The maximum Gasteiger partial charge on any atom is 0.502 e. The van der Waals surface area contributed by atoms with Crippen LogP contribution in [-0.4, -0.2) is 35.8 Å². The van der Waals surface area contributed by atoms with Crippen LogP contribution in [0.2, 0.25) is 6.04 Å². The molecule has 0 aliphatic rings. The lowest BCUT2D eigenvalue weighted by Crippen LogP contribution is -2.49. The van der Waals surface area contributed by atoms with E-state index in [2.05, 4.69) is 0 Å². The van der Waals surface area contributed by atoms with Gasteiger partial charge >= 0.3 is 8.80 Å². The summed E-state index contributed by atoms with van der Waals surface area (Å²) in [5.41, 5.74) is 10.9. The van der Waals surface area contributed by atoms with Gasteiger partial charge in [0.2, 0.25) is 0 Å². The Morgan fingerprint density at radius 3 is 2.08 bits per heavy atom. The van der Waals surface area contributed by atoms with Crippen LogP contribution in [0.3, 0.4) is 0 Å². The molecule has 1 unspecified atom stereocenters. The van der Waals surface area contributed by atoms with Crippen molar-refractivity contribution in [3.63, 3.8) is 0 Å². The highest BCUT2D eigenvalue weighted by Gasteiger charge is 2.39. The van der Waals surface area contributed by atoms with Crippen LogP contribution in [0, 0.1) is 0 Å². The first-order valence-corrected chi connectivity index (χ1v) is 5.77. The number of hydrogen-bond donors (Lipinski definition) is 2. The van der Waals surface area contributed by atoms with Gasteiger partial charge in [-0.25, -0.2) is 0 Å². The van der Waals surface area contributed by atoms with Gasteiger partial charge in [-0.05, 0) is 13.5 Å². The van der Waals surface area contributed by atoms with Gasteiger partial charge < -0.3 is 24.7 Å². The van der Waals surface area contributed by atoms with Gasteiger partial charge in [-0.2, -0.15) is 0 Å². The summed E-state index contributed by atoms with van der Waals surface area (Å²) in [5.74, 6) is 0. The summed E-state index contributed by atoms with van der Waals surface area (Å²) in [6.07, 6.45) is -0.386. The third kappa shape index (κ3) is 3.61. The van der Waals surface area contributed by atoms with Crippen LogP contribution in [0.25, 0.3) is 0 Å². The lowest BCUT2D eigenvalue weighted by Gasteiger charge is -2.27. The normalized spacial score (nSPS) is 14.8. The smallest absolute Gasteiger partial charge is 0.377 e. The molecule has 0 saturated carbocycles. The van der Waals surface area contributed by atoms with E-state index in [4.69, 9.17) is 24.7 Å². The van der Waals surface area contributed by atoms with Gasteiger partial charge in [0.1, 0.15) is 0 Å². The van der Waals surface area contributed by atoms with E-state index in [1.165, 1.54) is 0 Å². The highest BCUT2D eigenvalue weighted by atomic mass is 28.4. The topological polar surface area (TPSA) is 79.7 Å². The first-order chi connectivity index (χ1) is 5.60. The Labute approximate surface area is 74.3 Å². The molecular weight excluding hydrogens is 176 g/mol. The van der Waals surface area contributed by atoms with Crippen molar-refractivity contribution in [2.24, 2.45) is 11.5 Å². The summed E-state index contributed by atoms with van der Waals surface area (Å²) < 4.78 is 15.7. The Morgan fingerprint density at radius 1 is 1.33 bits per heavy atom. The molecular formula is C6H18N2O3Si. The summed E-state index contributed by atoms with van der Waals surface area (Å²) in [5, 5.41) is 0. The predicted octanol–water partition coefficient (Wildman–Crippen LogP) is -0.502. The molecule has 0 saturated heterocycles. The minimum absolute atomic E-state index is 0.386. The molecule has 6 heteroatoms. The van der Waals surface area contributed by atoms with Crippen molar-refractivity contribution in [3.8, 4) is 0 Å². The average Bonchev–Trinajstić information content (AvgIpc) is 2.03. The minimum Gasteiger partial charge on any atom is -0.377 e. The van der Waals surface area contributed by atoms with Crippen LogP contribution < -0.4 is 11.5 Å². The van der Waals surface area contributed by atoms with Crippen molar-refractivity contribution in [2.45, 2.75) is 19.2 Å². The van der Waals surface area contributed by atoms with Gasteiger partial charge in [-0.1, -0.05) is 0 Å². The Morgan fingerprint density at radius 2 is 1.83 bits per heavy atom. The zero-order valence-corrected chi connectivity index (χ0v) is 8.87. The molecule has 0 radical (unpaired) electrons. The fourth-order valence-corrected chi connectivity index (χ4v) is 2.71. The number of rotatable bonds is 6. The second-order valence-electron chi connectivity index (χ2n) is 2.45. The third-order valence-electron chi connectivity index (χ3n) is 1.44. The Kier molecular flexibility index (Phi) is 5.63. The molecule has 1 atom stereocenters. The molecule has 12 heavy (non-hydrogen) atoms. The standard InChI is InChI=1S/C6H18N2O3Si/c1-6(8)11-12(9-2,10-3)5-4-7/h6H,4-5,7-8H2,1-3H3. The lowest BCUT2D eigenvalue weighted by atomic mass is 10.7. The van der Waals surface area contributed by atoms with Crippen LogP contribution in [0.5, 0.6) is 0 Å². The van der Waals surface area contributed by atoms with Crippen LogP contribution in [0.1, 0.15) is 6.92 Å². The molecule has 0 aromatic rings. The number of nitrogens with two attached hydrogens (primary N) is 2. The zero-order chi connectivity index (χ0) is 9.61. The molecule has 0 aliphatic heterocycles. The van der Waals surface area contributed by atoms with Gasteiger partial charge in [0.05, 0.1) is 6.23 Å². The maximum atomic E-state index is 5.47. The predicted molar refractivity (Wildman–Crippen MR) is 48.4 cm³/mol. The summed E-state index contributed by atoms with van der Waals surface area (Å²) in [4.78, 5) is 0. The first-order valence-electron chi connectivity index (χ1n) is 3.84. The molecule has 0 aromatic heterocycles. The second-order valence-corrected chi connectivity index (χ2v) is 5.37. The van der Waals surface area contributed by atoms with E-state index in [0.717, 1.165) is 0 Å². The summed E-state index contributed by atoms with van der Waals surface area (Å²) in [6.45, 7) is 2.21. The van der Waals surface area contributed by atoms with Crippen LogP contribution in [0.4, 0.5) is 0 Å². The van der Waals surface area contributed by atoms with Crippen molar-refractivity contribution < 1.29 is 13.3 Å². The summed E-state index contributed by atoms with van der Waals surface area (Å²) in [7, 11) is 0.542. The largest absolute Gasteiger partial charge is 0.502 e. The quantitative estimate of drug-likeness (QED) is 0.440. The molecule has 0 spiro atoms. The molecule has 0 aromatic carbocycles. The first kappa shape index (κ1) is 12.0. The Balaban J connectivity index is 4.13. The van der Waals surface area contributed by atoms with Gasteiger partial charge in [-0.15, -0.1) is 0 Å². The van der Waals surface area contributed by atoms with Gasteiger partial charge in [-0.3, -0.25) is 0 Å². The van der Waals surface area contributed by atoms with E-state index in [1.54, 1.807) is 21.1 Å². The molecule has 0 fully saturated rings. The SMILES string of the molecule is CO[Si](CCN)(OC)OC(C)N. The van der Waals surface area contributed by atoms with E-state index in [0.29, 0.717) is 12.6 Å². The van der Waals surface area contributed by atoms with E-state index in [1.807, 2.05) is 0 Å². The van der Waals surface area contributed by atoms with Gasteiger partial charge in [0.15, 0.2) is 0 Å². The molecule has 0 bridgehead atoms. The van der Waals surface area contributed by atoms with Crippen molar-refractivity contribution in [2.75, 3.05) is 20.8 Å². The second kappa shape index (κ2) is 5.63. The lowest BCUT2D eigenvalue weighted by molar-refractivity contribution is 0.0659. The van der Waals surface area contributed by atoms with E-state index >= 15 is 0 Å². The van der Waals surface area contributed by atoms with Crippen molar-refractivity contribution in [1.29, 1.82) is 0 Å². The average molecular weight is 194 g/mol. The van der Waals surface area contributed by atoms with Gasteiger partial charge in [0.25, 0.3) is 0 Å². The molecule has 0 amide bonds. The Hall–Kier alpha value is 0.0169. The summed E-state index contributed by atoms with van der Waals surface area (Å²) >= 11 is 0. The van der Waals surface area contributed by atoms with Crippen LogP contribution >= 0.6 is 0 Å². The molecule has 4 N–H and O–H groups in total. The van der Waals surface area contributed by atoms with Crippen LogP contribution in [0.15, 0.2) is 0 Å². The zero-order valence-electron chi connectivity index (χ0n) is 7.87. The fraction of sp³-hybridized carbons (Fsp3) is 1.00. The molecule has 0 aliphatic carbocycles. The van der Waals surface area contributed by atoms with E-state index in [9.17, 15) is 0 Å². The fourth-order valence-electron chi connectivity index (χ4n) is 0.903. The minimum atomic E-state index is -2.56. The van der Waals surface area contributed by atoms with Crippen molar-refractivity contribution in [1.82, 2.24) is 0 Å². The Bertz CT molecular complexity index is 119. The maximum absolute atomic E-state index is 5.47. The molecule has 5 nitrogen and oxygen atoms in total. The van der Waals surface area contributed by atoms with Crippen LogP contribution in [-0.2, 0) is 13.3 Å². The summed E-state index contributed by atoms with van der Waals surface area (Å²) in [6, 6.07) is 0.585. The van der Waals surface area contributed by atoms with E-state index < -0.39 is 8.80 Å². The number of hydrogen-bond acceptors (Lipinski definition) is 5. The monoisotopic (exact) mass is 194 g/mol. The highest BCUT2D eigenvalue weighted by molar-refractivity contribution is 6.60.